The third-order valence-electron chi connectivity index (χ3n) is 1.92. The lowest BCUT2D eigenvalue weighted by molar-refractivity contribution is 0.624. The molecule has 0 amide bonds. The molecule has 70 valence electrons. The van der Waals surface area contributed by atoms with Gasteiger partial charge in [0.1, 0.15) is 16.8 Å². The molecule has 0 saturated carbocycles. The molecule has 14 heavy (non-hydrogen) atoms. The summed E-state index contributed by atoms with van der Waals surface area (Å²) in [6.45, 7) is 1.83. The molecular weight excluding hydrogens is 199 g/mol. The number of benzene rings is 1. The fourth-order valence-corrected chi connectivity index (χ4v) is 2.11. The van der Waals surface area contributed by atoms with E-state index in [2.05, 4.69) is 11.4 Å². The van der Waals surface area contributed by atoms with Crippen molar-refractivity contribution in [3.63, 3.8) is 0 Å². The highest BCUT2D eigenvalue weighted by atomic mass is 32.2. The first-order valence-electron chi connectivity index (χ1n) is 4.06. The van der Waals surface area contributed by atoms with Gasteiger partial charge < -0.3 is 5.32 Å². The number of rotatable bonds is 0. The van der Waals surface area contributed by atoms with Gasteiger partial charge in [0, 0.05) is 10.6 Å². The quantitative estimate of drug-likeness (QED) is 0.708. The van der Waals surface area contributed by atoms with Crippen molar-refractivity contribution in [1.82, 2.24) is 0 Å². The van der Waals surface area contributed by atoms with Crippen LogP contribution < -0.4 is 5.32 Å². The molecule has 0 aliphatic carbocycles. The van der Waals surface area contributed by atoms with Crippen molar-refractivity contribution in [2.45, 2.75) is 11.8 Å². The molecule has 1 heterocycles. The molecule has 0 fully saturated rings. The first-order chi connectivity index (χ1) is 6.70. The second kappa shape index (κ2) is 3.35. The topological polar surface area (TPSA) is 35.8 Å². The third-order valence-corrected chi connectivity index (χ3v) is 3.08. The number of thioether (sulfide) groups is 1. The van der Waals surface area contributed by atoms with Gasteiger partial charge in [0.15, 0.2) is 0 Å². The van der Waals surface area contributed by atoms with Crippen LogP contribution in [0.25, 0.3) is 0 Å². The smallest absolute Gasteiger partial charge is 0.124 e. The Bertz CT molecular complexity index is 460. The molecule has 2 nitrogen and oxygen atoms in total. The Labute approximate surface area is 85.4 Å². The van der Waals surface area contributed by atoms with Crippen LogP contribution >= 0.6 is 11.8 Å². The van der Waals surface area contributed by atoms with E-state index in [1.165, 1.54) is 23.9 Å². The summed E-state index contributed by atoms with van der Waals surface area (Å²) in [5, 5.41) is 11.9. The molecule has 1 aromatic rings. The van der Waals surface area contributed by atoms with Crippen molar-refractivity contribution >= 4 is 17.4 Å². The van der Waals surface area contributed by atoms with Crippen molar-refractivity contribution in [3.05, 3.63) is 34.6 Å². The first-order valence-corrected chi connectivity index (χ1v) is 4.88. The number of nitriles is 1. The SMILES string of the molecule is CC1=C(C#N)Sc2cc(F)ccc2N1. The zero-order valence-corrected chi connectivity index (χ0v) is 8.28. The van der Waals surface area contributed by atoms with Crippen molar-refractivity contribution in [2.24, 2.45) is 0 Å². The number of anilines is 1. The normalized spacial score (nSPS) is 14.4. The molecule has 0 aromatic heterocycles. The highest BCUT2D eigenvalue weighted by Gasteiger charge is 2.15. The molecule has 0 bridgehead atoms. The summed E-state index contributed by atoms with van der Waals surface area (Å²) in [5.41, 5.74) is 1.67. The summed E-state index contributed by atoms with van der Waals surface area (Å²) in [6, 6.07) is 6.57. The zero-order chi connectivity index (χ0) is 10.1. The number of nitrogens with zero attached hydrogens (tertiary/aromatic N) is 1. The fraction of sp³-hybridized carbons (Fsp3) is 0.100. The average Bonchev–Trinajstić information content (AvgIpc) is 2.17. The van der Waals surface area contributed by atoms with Gasteiger partial charge in [-0.25, -0.2) is 4.39 Å². The monoisotopic (exact) mass is 206 g/mol. The predicted molar refractivity (Wildman–Crippen MR) is 54.2 cm³/mol. The van der Waals surface area contributed by atoms with E-state index in [9.17, 15) is 4.39 Å². The van der Waals surface area contributed by atoms with Gasteiger partial charge in [0.05, 0.1) is 5.69 Å². The zero-order valence-electron chi connectivity index (χ0n) is 7.47. The van der Waals surface area contributed by atoms with E-state index >= 15 is 0 Å². The van der Waals surface area contributed by atoms with Gasteiger partial charge in [-0.3, -0.25) is 0 Å². The lowest BCUT2D eigenvalue weighted by atomic mass is 10.3. The minimum Gasteiger partial charge on any atom is -0.357 e. The van der Waals surface area contributed by atoms with Crippen LogP contribution in [0.15, 0.2) is 33.7 Å². The average molecular weight is 206 g/mol. The Morgan fingerprint density at radius 3 is 3.00 bits per heavy atom. The van der Waals surface area contributed by atoms with Crippen LogP contribution in [0.2, 0.25) is 0 Å². The van der Waals surface area contributed by atoms with Gasteiger partial charge in [-0.15, -0.1) is 0 Å². The number of halogens is 1. The minimum atomic E-state index is -0.283. The van der Waals surface area contributed by atoms with Crippen molar-refractivity contribution in [2.75, 3.05) is 5.32 Å². The van der Waals surface area contributed by atoms with Crippen LogP contribution in [0.4, 0.5) is 10.1 Å². The van der Waals surface area contributed by atoms with Crippen LogP contribution in [0, 0.1) is 17.1 Å². The molecule has 2 rings (SSSR count). The Balaban J connectivity index is 2.45. The standard InChI is InChI=1S/C10H7FN2S/c1-6-10(5-12)14-9-4-7(11)2-3-8(9)13-6/h2-4,13H,1H3. The number of fused-ring (bicyclic) bond motifs is 1. The molecule has 0 spiro atoms. The first kappa shape index (κ1) is 9.10. The van der Waals surface area contributed by atoms with E-state index in [4.69, 9.17) is 5.26 Å². The second-order valence-corrected chi connectivity index (χ2v) is 3.99. The molecule has 0 saturated heterocycles. The van der Waals surface area contributed by atoms with Gasteiger partial charge in [-0.05, 0) is 25.1 Å². The summed E-state index contributed by atoms with van der Waals surface area (Å²) in [5.74, 6) is -0.283. The van der Waals surface area contributed by atoms with Crippen molar-refractivity contribution in [1.29, 1.82) is 5.26 Å². The summed E-state index contributed by atoms with van der Waals surface area (Å²) < 4.78 is 12.9. The Morgan fingerprint density at radius 1 is 1.50 bits per heavy atom. The highest BCUT2D eigenvalue weighted by Crippen LogP contribution is 2.39. The molecule has 1 aliphatic rings. The Morgan fingerprint density at radius 2 is 2.29 bits per heavy atom. The maximum absolute atomic E-state index is 12.9. The molecule has 0 atom stereocenters. The van der Waals surface area contributed by atoms with Crippen LogP contribution in [0.5, 0.6) is 0 Å². The summed E-state index contributed by atoms with van der Waals surface area (Å²) in [7, 11) is 0. The number of hydrogen-bond acceptors (Lipinski definition) is 3. The van der Waals surface area contributed by atoms with Crippen LogP contribution in [0.1, 0.15) is 6.92 Å². The summed E-state index contributed by atoms with van der Waals surface area (Å²) in [4.78, 5) is 1.34. The van der Waals surface area contributed by atoms with E-state index in [-0.39, 0.29) is 5.82 Å². The van der Waals surface area contributed by atoms with E-state index in [1.54, 1.807) is 6.07 Å². The maximum Gasteiger partial charge on any atom is 0.124 e. The largest absolute Gasteiger partial charge is 0.357 e. The lowest BCUT2D eigenvalue weighted by Crippen LogP contribution is -2.04. The molecule has 1 aliphatic heterocycles. The fourth-order valence-electron chi connectivity index (χ4n) is 1.24. The van der Waals surface area contributed by atoms with Crippen LogP contribution in [-0.4, -0.2) is 0 Å². The minimum absolute atomic E-state index is 0.283. The number of nitrogens with one attached hydrogen (secondary N) is 1. The van der Waals surface area contributed by atoms with Gasteiger partial charge in [0.2, 0.25) is 0 Å². The summed E-state index contributed by atoms with van der Waals surface area (Å²) >= 11 is 1.30. The predicted octanol–water partition coefficient (Wildman–Crippen LogP) is 3.10. The lowest BCUT2D eigenvalue weighted by Gasteiger charge is -2.18. The van der Waals surface area contributed by atoms with E-state index in [0.717, 1.165) is 16.3 Å². The van der Waals surface area contributed by atoms with Crippen molar-refractivity contribution < 1.29 is 4.39 Å². The Hall–Kier alpha value is -1.47. The second-order valence-electron chi connectivity index (χ2n) is 2.93. The molecule has 1 aromatic carbocycles. The van der Waals surface area contributed by atoms with Crippen LogP contribution in [0.3, 0.4) is 0 Å². The number of allylic oxidation sites excluding steroid dienone is 2. The molecule has 4 heteroatoms. The molecule has 1 N–H and O–H groups in total. The Kier molecular flexibility index (Phi) is 2.18. The number of hydrogen-bond donors (Lipinski definition) is 1. The van der Waals surface area contributed by atoms with Gasteiger partial charge in [0.25, 0.3) is 0 Å². The molecule has 0 radical (unpaired) electrons. The molecular formula is C10H7FN2S. The molecule has 0 unspecified atom stereocenters. The highest BCUT2D eigenvalue weighted by molar-refractivity contribution is 8.03. The van der Waals surface area contributed by atoms with Gasteiger partial charge in [-0.1, -0.05) is 11.8 Å². The van der Waals surface area contributed by atoms with Gasteiger partial charge >= 0.3 is 0 Å². The van der Waals surface area contributed by atoms with Crippen molar-refractivity contribution in [3.8, 4) is 6.07 Å². The third kappa shape index (κ3) is 1.47. The van der Waals surface area contributed by atoms with Crippen LogP contribution in [-0.2, 0) is 0 Å². The van der Waals surface area contributed by atoms with Gasteiger partial charge in [-0.2, -0.15) is 5.26 Å². The maximum atomic E-state index is 12.9. The van der Waals surface area contributed by atoms with E-state index < -0.39 is 0 Å². The van der Waals surface area contributed by atoms with E-state index in [1.807, 2.05) is 6.92 Å². The summed E-state index contributed by atoms with van der Waals surface area (Å²) in [6.07, 6.45) is 0. The van der Waals surface area contributed by atoms with E-state index in [0.29, 0.717) is 4.91 Å².